The lowest BCUT2D eigenvalue weighted by Gasteiger charge is -2.37. The molecule has 3 fully saturated rings. The van der Waals surface area contributed by atoms with Crippen molar-refractivity contribution in [2.24, 2.45) is 0 Å². The standard InChI is InChI=1S/C22H32N2O2/c1-2-8-24-9-3-7-22(16-20(24)4-1)15-19-14-18(5-6-21(19)26-22)17-23-10-12-25-13-11-23/h5-6,14,20H,1-4,7-13,15-17H2. The number of benzene rings is 1. The summed E-state index contributed by atoms with van der Waals surface area (Å²) < 4.78 is 12.1. The Labute approximate surface area is 157 Å². The van der Waals surface area contributed by atoms with Crippen LogP contribution in [0.25, 0.3) is 0 Å². The summed E-state index contributed by atoms with van der Waals surface area (Å²) in [5.74, 6) is 1.15. The predicted octanol–water partition coefficient (Wildman–Crippen LogP) is 3.23. The molecule has 26 heavy (non-hydrogen) atoms. The van der Waals surface area contributed by atoms with Gasteiger partial charge in [-0.05, 0) is 56.0 Å². The van der Waals surface area contributed by atoms with Gasteiger partial charge in [-0.2, -0.15) is 0 Å². The molecule has 0 bridgehead atoms. The van der Waals surface area contributed by atoms with E-state index in [-0.39, 0.29) is 5.60 Å². The largest absolute Gasteiger partial charge is 0.487 e. The Kier molecular flexibility index (Phi) is 4.68. The van der Waals surface area contributed by atoms with Crippen LogP contribution in [-0.4, -0.2) is 60.8 Å². The van der Waals surface area contributed by atoms with Gasteiger partial charge in [0.25, 0.3) is 0 Å². The third-order valence-electron chi connectivity index (χ3n) is 6.91. The van der Waals surface area contributed by atoms with Crippen molar-refractivity contribution in [1.82, 2.24) is 9.80 Å². The van der Waals surface area contributed by atoms with Crippen molar-refractivity contribution in [1.29, 1.82) is 0 Å². The molecule has 2 unspecified atom stereocenters. The smallest absolute Gasteiger partial charge is 0.123 e. The molecule has 0 N–H and O–H groups in total. The van der Waals surface area contributed by atoms with Gasteiger partial charge in [-0.15, -0.1) is 0 Å². The first-order valence-corrected chi connectivity index (χ1v) is 10.6. The number of rotatable bonds is 2. The molecule has 4 aliphatic heterocycles. The Morgan fingerprint density at radius 3 is 2.85 bits per heavy atom. The summed E-state index contributed by atoms with van der Waals surface area (Å²) in [4.78, 5) is 5.25. The highest BCUT2D eigenvalue weighted by atomic mass is 16.5. The molecule has 1 aromatic rings. The van der Waals surface area contributed by atoms with Gasteiger partial charge in [0.05, 0.1) is 13.2 Å². The van der Waals surface area contributed by atoms with Crippen molar-refractivity contribution in [3.8, 4) is 5.75 Å². The number of morpholine rings is 1. The van der Waals surface area contributed by atoms with Gasteiger partial charge in [-0.1, -0.05) is 18.6 Å². The predicted molar refractivity (Wildman–Crippen MR) is 103 cm³/mol. The molecular weight excluding hydrogens is 324 g/mol. The zero-order valence-electron chi connectivity index (χ0n) is 15.9. The van der Waals surface area contributed by atoms with Crippen LogP contribution in [0.1, 0.15) is 49.7 Å². The third kappa shape index (κ3) is 3.39. The highest BCUT2D eigenvalue weighted by Crippen LogP contribution is 2.44. The maximum absolute atomic E-state index is 6.65. The maximum Gasteiger partial charge on any atom is 0.123 e. The van der Waals surface area contributed by atoms with Crippen LogP contribution >= 0.6 is 0 Å². The van der Waals surface area contributed by atoms with E-state index in [1.54, 1.807) is 0 Å². The van der Waals surface area contributed by atoms with Gasteiger partial charge in [0, 0.05) is 38.5 Å². The summed E-state index contributed by atoms with van der Waals surface area (Å²) in [6.45, 7) is 7.46. The Morgan fingerprint density at radius 1 is 1.04 bits per heavy atom. The minimum atomic E-state index is 0.0661. The van der Waals surface area contributed by atoms with Crippen molar-refractivity contribution >= 4 is 0 Å². The van der Waals surface area contributed by atoms with E-state index >= 15 is 0 Å². The average Bonchev–Trinajstić information content (AvgIpc) is 2.90. The third-order valence-corrected chi connectivity index (χ3v) is 6.91. The average molecular weight is 357 g/mol. The molecule has 5 rings (SSSR count). The molecule has 0 aromatic heterocycles. The van der Waals surface area contributed by atoms with E-state index in [2.05, 4.69) is 28.0 Å². The monoisotopic (exact) mass is 356 g/mol. The normalized spacial score (nSPS) is 32.7. The first-order valence-electron chi connectivity index (χ1n) is 10.6. The van der Waals surface area contributed by atoms with E-state index in [4.69, 9.17) is 9.47 Å². The molecule has 1 aromatic carbocycles. The van der Waals surface area contributed by atoms with E-state index in [1.807, 2.05) is 0 Å². The van der Waals surface area contributed by atoms with Gasteiger partial charge in [0.2, 0.25) is 0 Å². The second kappa shape index (κ2) is 7.14. The summed E-state index contributed by atoms with van der Waals surface area (Å²) in [7, 11) is 0. The molecule has 4 aliphatic rings. The number of ether oxygens (including phenoxy) is 2. The maximum atomic E-state index is 6.65. The number of hydrogen-bond donors (Lipinski definition) is 0. The van der Waals surface area contributed by atoms with E-state index in [9.17, 15) is 0 Å². The quantitative estimate of drug-likeness (QED) is 0.812. The van der Waals surface area contributed by atoms with E-state index in [0.717, 1.165) is 51.1 Å². The molecule has 4 nitrogen and oxygen atoms in total. The lowest BCUT2D eigenvalue weighted by molar-refractivity contribution is 0.0342. The number of piperidine rings is 1. The van der Waals surface area contributed by atoms with Crippen molar-refractivity contribution in [2.75, 3.05) is 39.4 Å². The van der Waals surface area contributed by atoms with Crippen LogP contribution in [-0.2, 0) is 17.7 Å². The van der Waals surface area contributed by atoms with Crippen LogP contribution in [0.5, 0.6) is 5.75 Å². The van der Waals surface area contributed by atoms with Gasteiger partial charge in [-0.25, -0.2) is 0 Å². The Morgan fingerprint density at radius 2 is 1.92 bits per heavy atom. The van der Waals surface area contributed by atoms with Crippen molar-refractivity contribution in [3.63, 3.8) is 0 Å². The van der Waals surface area contributed by atoms with Gasteiger partial charge in [-0.3, -0.25) is 4.90 Å². The highest BCUT2D eigenvalue weighted by Gasteiger charge is 2.44. The number of fused-ring (bicyclic) bond motifs is 2. The molecule has 0 amide bonds. The fourth-order valence-electron chi connectivity index (χ4n) is 5.58. The second-order valence-electron chi connectivity index (χ2n) is 8.79. The molecular formula is C22H32N2O2. The fraction of sp³-hybridized carbons (Fsp3) is 0.727. The van der Waals surface area contributed by atoms with Crippen molar-refractivity contribution in [2.45, 2.75) is 63.1 Å². The van der Waals surface area contributed by atoms with Crippen LogP contribution in [0.3, 0.4) is 0 Å². The minimum absolute atomic E-state index is 0.0661. The van der Waals surface area contributed by atoms with E-state index < -0.39 is 0 Å². The summed E-state index contributed by atoms with van der Waals surface area (Å²) >= 11 is 0. The topological polar surface area (TPSA) is 24.9 Å². The molecule has 4 heterocycles. The zero-order valence-corrected chi connectivity index (χ0v) is 15.9. The summed E-state index contributed by atoms with van der Waals surface area (Å²) in [5.41, 5.74) is 2.94. The van der Waals surface area contributed by atoms with Gasteiger partial charge < -0.3 is 14.4 Å². The molecule has 142 valence electrons. The van der Waals surface area contributed by atoms with Gasteiger partial charge >= 0.3 is 0 Å². The van der Waals surface area contributed by atoms with Gasteiger partial charge in [0.1, 0.15) is 11.4 Å². The van der Waals surface area contributed by atoms with Crippen molar-refractivity contribution in [3.05, 3.63) is 29.3 Å². The van der Waals surface area contributed by atoms with Gasteiger partial charge in [0.15, 0.2) is 0 Å². The number of nitrogens with zero attached hydrogens (tertiary/aromatic N) is 2. The summed E-state index contributed by atoms with van der Waals surface area (Å²) in [6.07, 6.45) is 8.98. The van der Waals surface area contributed by atoms with Crippen molar-refractivity contribution < 1.29 is 9.47 Å². The highest BCUT2D eigenvalue weighted by molar-refractivity contribution is 5.42. The molecule has 4 heteroatoms. The second-order valence-corrected chi connectivity index (χ2v) is 8.79. The molecule has 0 radical (unpaired) electrons. The Bertz CT molecular complexity index is 643. The molecule has 0 saturated carbocycles. The number of hydrogen-bond acceptors (Lipinski definition) is 4. The molecule has 2 atom stereocenters. The SMILES string of the molecule is c1cc2c(cc1CN1CCOCC1)CC1(CCCN3CCCCC3C1)O2. The van der Waals surface area contributed by atoms with E-state index in [0.29, 0.717) is 0 Å². The van der Waals surface area contributed by atoms with Crippen LogP contribution in [0.4, 0.5) is 0 Å². The van der Waals surface area contributed by atoms with Crippen LogP contribution < -0.4 is 4.74 Å². The minimum Gasteiger partial charge on any atom is -0.487 e. The van der Waals surface area contributed by atoms with Crippen LogP contribution in [0.15, 0.2) is 18.2 Å². The Balaban J connectivity index is 1.30. The zero-order chi connectivity index (χ0) is 17.4. The van der Waals surface area contributed by atoms with Crippen LogP contribution in [0, 0.1) is 0 Å². The van der Waals surface area contributed by atoms with Crippen LogP contribution in [0.2, 0.25) is 0 Å². The first kappa shape index (κ1) is 17.0. The lowest BCUT2D eigenvalue weighted by Crippen LogP contribution is -2.44. The molecule has 1 spiro atoms. The fourth-order valence-corrected chi connectivity index (χ4v) is 5.58. The first-order chi connectivity index (χ1) is 12.8. The lowest BCUT2D eigenvalue weighted by atomic mass is 9.85. The molecule has 0 aliphatic carbocycles. The van der Waals surface area contributed by atoms with E-state index in [1.165, 1.54) is 62.7 Å². The summed E-state index contributed by atoms with van der Waals surface area (Å²) in [6, 6.07) is 7.68. The Hall–Kier alpha value is -1.10. The molecule has 3 saturated heterocycles. The summed E-state index contributed by atoms with van der Waals surface area (Å²) in [5, 5.41) is 0.